The summed E-state index contributed by atoms with van der Waals surface area (Å²) in [4.78, 5) is 15.1. The van der Waals surface area contributed by atoms with Crippen molar-refractivity contribution in [1.29, 1.82) is 0 Å². The van der Waals surface area contributed by atoms with Gasteiger partial charge >= 0.3 is 0 Å². The molecular weight excluding hydrogens is 360 g/mol. The molecule has 0 saturated heterocycles. The van der Waals surface area contributed by atoms with Crippen LogP contribution in [0.1, 0.15) is 30.0 Å². The third kappa shape index (κ3) is 4.16. The largest absolute Gasteiger partial charge is 0.336 e. The molecule has 1 unspecified atom stereocenters. The van der Waals surface area contributed by atoms with Gasteiger partial charge in [0.25, 0.3) is 0 Å². The van der Waals surface area contributed by atoms with Gasteiger partial charge in [0.05, 0.1) is 11.9 Å². The van der Waals surface area contributed by atoms with E-state index < -0.39 is 16.1 Å². The van der Waals surface area contributed by atoms with Gasteiger partial charge in [-0.05, 0) is 43.0 Å². The van der Waals surface area contributed by atoms with Crippen molar-refractivity contribution in [2.75, 3.05) is 17.1 Å². The number of fused-ring (bicyclic) bond motifs is 1. The summed E-state index contributed by atoms with van der Waals surface area (Å²) in [6.45, 7) is 4.93. The van der Waals surface area contributed by atoms with Gasteiger partial charge in [0.1, 0.15) is 6.04 Å². The number of anilines is 1. The molecule has 0 aliphatic carbocycles. The van der Waals surface area contributed by atoms with Crippen molar-refractivity contribution in [3.63, 3.8) is 0 Å². The maximum atomic E-state index is 13.3. The summed E-state index contributed by atoms with van der Waals surface area (Å²) in [5.74, 6) is -0.141. The van der Waals surface area contributed by atoms with Gasteiger partial charge in [-0.2, -0.15) is 0 Å². The second kappa shape index (κ2) is 7.72. The van der Waals surface area contributed by atoms with Crippen molar-refractivity contribution in [2.24, 2.45) is 0 Å². The minimum absolute atomic E-state index is 0.141. The molecule has 0 aromatic heterocycles. The Labute approximate surface area is 161 Å². The second-order valence-electron chi connectivity index (χ2n) is 7.10. The summed E-state index contributed by atoms with van der Waals surface area (Å²) < 4.78 is 26.4. The van der Waals surface area contributed by atoms with Gasteiger partial charge in [-0.25, -0.2) is 8.42 Å². The maximum absolute atomic E-state index is 13.3. The molecule has 1 heterocycles. The number of hydrogen-bond donors (Lipinski definition) is 0. The lowest BCUT2D eigenvalue weighted by Crippen LogP contribution is -2.51. The number of hydrogen-bond acceptors (Lipinski definition) is 3. The number of aryl methyl sites for hydroxylation is 1. The molecule has 1 aliphatic heterocycles. The molecule has 6 heteroatoms. The van der Waals surface area contributed by atoms with Crippen molar-refractivity contribution in [2.45, 2.75) is 39.3 Å². The molecule has 0 N–H and O–H groups in total. The Hall–Kier alpha value is -2.34. The Morgan fingerprint density at radius 2 is 1.74 bits per heavy atom. The van der Waals surface area contributed by atoms with Crippen molar-refractivity contribution in [3.05, 3.63) is 65.2 Å². The third-order valence-electron chi connectivity index (χ3n) is 5.04. The Balaban J connectivity index is 1.91. The molecule has 1 amide bonds. The van der Waals surface area contributed by atoms with Crippen LogP contribution < -0.4 is 4.31 Å². The first-order chi connectivity index (χ1) is 12.8. The molecule has 2 aromatic carbocycles. The number of nitrogens with zero attached hydrogens (tertiary/aromatic N) is 2. The van der Waals surface area contributed by atoms with Crippen molar-refractivity contribution in [1.82, 2.24) is 4.90 Å². The second-order valence-corrected chi connectivity index (χ2v) is 8.96. The summed E-state index contributed by atoms with van der Waals surface area (Å²) in [6, 6.07) is 14.6. The van der Waals surface area contributed by atoms with Crippen LogP contribution in [0, 0.1) is 6.92 Å². The smallest absolute Gasteiger partial charge is 0.246 e. The normalized spacial score (nSPS) is 15.1. The molecule has 144 valence electrons. The van der Waals surface area contributed by atoms with E-state index in [0.29, 0.717) is 25.2 Å². The highest BCUT2D eigenvalue weighted by molar-refractivity contribution is 7.92. The number of rotatable bonds is 5. The van der Waals surface area contributed by atoms with E-state index in [-0.39, 0.29) is 5.91 Å². The van der Waals surface area contributed by atoms with E-state index in [9.17, 15) is 13.2 Å². The SMILES string of the molecule is CCC(C(=O)N1CCc2ccccc2C1)N(c1ccc(C)cc1)S(C)(=O)=O. The first-order valence-electron chi connectivity index (χ1n) is 9.23. The van der Waals surface area contributed by atoms with Crippen LogP contribution >= 0.6 is 0 Å². The lowest BCUT2D eigenvalue weighted by atomic mass is 9.99. The number of amides is 1. The predicted molar refractivity (Wildman–Crippen MR) is 108 cm³/mol. The molecule has 0 saturated carbocycles. The number of benzene rings is 2. The Morgan fingerprint density at radius 3 is 2.33 bits per heavy atom. The fraction of sp³-hybridized carbons (Fsp3) is 0.381. The zero-order chi connectivity index (χ0) is 19.6. The number of carbonyl (C=O) groups is 1. The Morgan fingerprint density at radius 1 is 1.11 bits per heavy atom. The predicted octanol–water partition coefficient (Wildman–Crippen LogP) is 3.12. The van der Waals surface area contributed by atoms with Gasteiger partial charge in [0.15, 0.2) is 0 Å². The average Bonchev–Trinajstić information content (AvgIpc) is 2.65. The van der Waals surface area contributed by atoms with E-state index in [1.807, 2.05) is 44.2 Å². The minimum atomic E-state index is -3.60. The number of sulfonamides is 1. The molecule has 27 heavy (non-hydrogen) atoms. The highest BCUT2D eigenvalue weighted by Gasteiger charge is 2.35. The summed E-state index contributed by atoms with van der Waals surface area (Å²) in [5.41, 5.74) is 3.96. The monoisotopic (exact) mass is 386 g/mol. The zero-order valence-corrected chi connectivity index (χ0v) is 16.9. The maximum Gasteiger partial charge on any atom is 0.246 e. The number of carbonyl (C=O) groups excluding carboxylic acids is 1. The van der Waals surface area contributed by atoms with Gasteiger partial charge in [0, 0.05) is 13.1 Å². The van der Waals surface area contributed by atoms with Crippen LogP contribution in [0.2, 0.25) is 0 Å². The fourth-order valence-corrected chi connectivity index (χ4v) is 4.84. The van der Waals surface area contributed by atoms with E-state index >= 15 is 0 Å². The summed E-state index contributed by atoms with van der Waals surface area (Å²) in [5, 5.41) is 0. The quantitative estimate of drug-likeness (QED) is 0.793. The highest BCUT2D eigenvalue weighted by Crippen LogP contribution is 2.26. The molecule has 2 aromatic rings. The van der Waals surface area contributed by atoms with Crippen LogP contribution in [0.15, 0.2) is 48.5 Å². The van der Waals surface area contributed by atoms with Crippen LogP contribution in [-0.2, 0) is 27.8 Å². The van der Waals surface area contributed by atoms with Crippen LogP contribution in [0.25, 0.3) is 0 Å². The van der Waals surface area contributed by atoms with Gasteiger partial charge in [-0.15, -0.1) is 0 Å². The third-order valence-corrected chi connectivity index (χ3v) is 6.22. The van der Waals surface area contributed by atoms with E-state index in [4.69, 9.17) is 0 Å². The molecule has 3 rings (SSSR count). The van der Waals surface area contributed by atoms with E-state index in [0.717, 1.165) is 23.8 Å². The molecule has 1 aliphatic rings. The summed E-state index contributed by atoms with van der Waals surface area (Å²) >= 11 is 0. The lowest BCUT2D eigenvalue weighted by molar-refractivity contribution is -0.133. The molecule has 0 radical (unpaired) electrons. The first-order valence-corrected chi connectivity index (χ1v) is 11.1. The van der Waals surface area contributed by atoms with Crippen LogP contribution in [0.5, 0.6) is 0 Å². The zero-order valence-electron chi connectivity index (χ0n) is 16.1. The molecule has 5 nitrogen and oxygen atoms in total. The average molecular weight is 387 g/mol. The fourth-order valence-electron chi connectivity index (χ4n) is 3.63. The Kier molecular flexibility index (Phi) is 5.56. The van der Waals surface area contributed by atoms with E-state index in [1.165, 1.54) is 9.87 Å². The lowest BCUT2D eigenvalue weighted by Gasteiger charge is -2.36. The van der Waals surface area contributed by atoms with Gasteiger partial charge < -0.3 is 4.90 Å². The summed E-state index contributed by atoms with van der Waals surface area (Å²) in [7, 11) is -3.60. The summed E-state index contributed by atoms with van der Waals surface area (Å²) in [6.07, 6.45) is 2.37. The molecule has 0 spiro atoms. The van der Waals surface area contributed by atoms with Gasteiger partial charge in [0.2, 0.25) is 15.9 Å². The molecule has 0 fully saturated rings. The van der Waals surface area contributed by atoms with Crippen LogP contribution in [-0.4, -0.2) is 38.1 Å². The van der Waals surface area contributed by atoms with Crippen molar-refractivity contribution < 1.29 is 13.2 Å². The van der Waals surface area contributed by atoms with Crippen molar-refractivity contribution >= 4 is 21.6 Å². The standard InChI is InChI=1S/C21H26N2O3S/c1-4-20(23(27(3,25)26)19-11-9-16(2)10-12-19)21(24)22-14-13-17-7-5-6-8-18(17)15-22/h5-12,20H,4,13-15H2,1-3H3. The molecule has 1 atom stereocenters. The van der Waals surface area contributed by atoms with E-state index in [1.54, 1.807) is 17.0 Å². The van der Waals surface area contributed by atoms with Gasteiger partial charge in [-0.3, -0.25) is 9.10 Å². The van der Waals surface area contributed by atoms with Gasteiger partial charge in [-0.1, -0.05) is 48.9 Å². The van der Waals surface area contributed by atoms with Crippen molar-refractivity contribution in [3.8, 4) is 0 Å². The van der Waals surface area contributed by atoms with E-state index in [2.05, 4.69) is 6.07 Å². The topological polar surface area (TPSA) is 57.7 Å². The molecule has 0 bridgehead atoms. The highest BCUT2D eigenvalue weighted by atomic mass is 32.2. The van der Waals surface area contributed by atoms with Crippen LogP contribution in [0.3, 0.4) is 0 Å². The molecular formula is C21H26N2O3S. The Bertz CT molecular complexity index is 923. The minimum Gasteiger partial charge on any atom is -0.336 e. The van der Waals surface area contributed by atoms with Crippen LogP contribution in [0.4, 0.5) is 5.69 Å². The first kappa shape index (κ1) is 19.4.